The normalized spacial score (nSPS) is 12.7. The van der Waals surface area contributed by atoms with Crippen LogP contribution in [0.15, 0.2) is 97.1 Å². The average Bonchev–Trinajstić information content (AvgIpc) is 1.55. The van der Waals surface area contributed by atoms with E-state index in [2.05, 4.69) is 227 Å². The van der Waals surface area contributed by atoms with Gasteiger partial charge in [0.25, 0.3) is 0 Å². The average molecular weight is 2110 g/mol. The molecule has 0 fully saturated rings. The number of nitrogens with zero attached hydrogens (tertiary/aromatic N) is 10. The molecule has 17 heterocycles. The fraction of sp³-hybridized carbons (Fsp3) is 0.440. The van der Waals surface area contributed by atoms with Crippen molar-refractivity contribution in [1.29, 1.82) is 0 Å². The van der Waals surface area contributed by atoms with Crippen LogP contribution in [0.3, 0.4) is 0 Å². The Hall–Kier alpha value is -5.09. The Morgan fingerprint density at radius 2 is 0.727 bits per heavy atom. The van der Waals surface area contributed by atoms with E-state index in [9.17, 15) is 0 Å². The fourth-order valence-electron chi connectivity index (χ4n) is 17.1. The monoisotopic (exact) mass is 2110 g/mol. The summed E-state index contributed by atoms with van der Waals surface area (Å²) in [5, 5.41) is 8.24. The summed E-state index contributed by atoms with van der Waals surface area (Å²) in [5.74, 6) is 1.40. The Bertz CT molecular complexity index is 7010. The molecule has 3 aromatic carbocycles. The summed E-state index contributed by atoms with van der Waals surface area (Å²) in [4.78, 5) is 20.6. The molecule has 28 heteroatoms. The van der Waals surface area contributed by atoms with Crippen molar-refractivity contribution in [2.24, 2.45) is 11.8 Å². The zero-order chi connectivity index (χ0) is 89.0. The number of aromatic nitrogens is 8. The molecule has 0 aliphatic carbocycles. The number of anilines is 3. The first-order valence-corrected chi connectivity index (χ1v) is 69.0. The van der Waals surface area contributed by atoms with E-state index in [1.54, 1.807) is 29.1 Å². The predicted molar refractivity (Wildman–Crippen MR) is 595 cm³/mol. The Kier molecular flexibility index (Phi) is 31.7. The van der Waals surface area contributed by atoms with Crippen LogP contribution in [0.25, 0.3) is 173 Å². The topological polar surface area (TPSA) is 106 Å². The maximum absolute atomic E-state index is 6.20. The van der Waals surface area contributed by atoms with E-state index in [1.165, 1.54) is 310 Å². The van der Waals surface area contributed by atoms with Gasteiger partial charge in [0.15, 0.2) is 0 Å². The van der Waals surface area contributed by atoms with Crippen molar-refractivity contribution in [3.63, 3.8) is 0 Å². The van der Waals surface area contributed by atoms with Gasteiger partial charge >= 0.3 is 180 Å². The van der Waals surface area contributed by atoms with E-state index in [4.69, 9.17) is 29.1 Å². The number of fused-ring (bicyclic) bond motifs is 16. The first-order chi connectivity index (χ1) is 62.4. The van der Waals surface area contributed by atoms with E-state index >= 15 is 0 Å². The zero-order valence-corrected chi connectivity index (χ0v) is 92.3. The van der Waals surface area contributed by atoms with E-state index in [-0.39, 0.29) is 0 Å². The van der Waals surface area contributed by atoms with Crippen LogP contribution in [0.2, 0.25) is 19.8 Å². The molecule has 20 rings (SSSR count). The van der Waals surface area contributed by atoms with Crippen molar-refractivity contribution in [3.05, 3.63) is 107 Å². The molecule has 0 spiro atoms. The van der Waals surface area contributed by atoms with Crippen molar-refractivity contribution < 1.29 is 0 Å². The molecule has 0 saturated heterocycles. The number of nitrogens with one attached hydrogen (secondary N) is 1. The van der Waals surface area contributed by atoms with Crippen LogP contribution >= 0.6 is 183 Å². The van der Waals surface area contributed by atoms with Crippen LogP contribution in [0.1, 0.15) is 209 Å². The molecule has 128 heavy (non-hydrogen) atoms. The van der Waals surface area contributed by atoms with E-state index in [0.29, 0.717) is 10.9 Å². The molecule has 17 aromatic heterocycles. The molecule has 0 bridgehead atoms. The summed E-state index contributed by atoms with van der Waals surface area (Å²) in [7, 11) is 0. The number of benzene rings is 3. The molecule has 674 valence electrons. The van der Waals surface area contributed by atoms with Crippen LogP contribution in [0.5, 0.6) is 0 Å². The van der Waals surface area contributed by atoms with Crippen molar-refractivity contribution in [1.82, 2.24) is 35.4 Å². The van der Waals surface area contributed by atoms with Crippen LogP contribution in [-0.2, 0) is 13.1 Å². The minimum absolute atomic E-state index is 0.612. The van der Waals surface area contributed by atoms with Gasteiger partial charge in [-0.3, -0.25) is 0 Å². The molecule has 20 aromatic rings. The Morgan fingerprint density at radius 3 is 1.16 bits per heavy atom. The van der Waals surface area contributed by atoms with E-state index < -0.39 is 18.4 Å². The predicted octanol–water partition coefficient (Wildman–Crippen LogP) is 37.9. The quantitative estimate of drug-likeness (QED) is 0.0301. The standard InChI is InChI=1S/C58H63N7S9.C19H22NS3.C16H14ClN3S3.C4H10.3CH3.Sn/c1-7-13-18-34(12-6)33-65-39-27-40(35-19-20-36(52-51(35)59-73-60-52)41-28-44-46(66-41)31-49(68-44)63(23-14-8-2)24-15-9-3)70-56(39)58-55(65)57-48(72-58)30-43(71-57)38-22-21-37(53-54(38)62-74-61-53)42-29-45-47(67-42)32-50(69-45)64(25-16-10-4)26-17-11-5;1-4-6-7-13(5-2)11-20-14-10-12(3)22-17(14)19-16(20)18-15(23-19)8-9-21-18;1-2-3-6-18-14-8-13-12(22-14)7-11(21-13)9-4-5-10(17)16-15(9)19-23-20-16;1-3-4-2;;;;/h19-22,27-32,34H,7-18,23-26,33H2,1-6H3;8,10,13H,4-7,11H2,1-3H3;4-5,7-8,18H,2-3,6H2,1H3;3-4H2,1-2H3;3*1H3;. The minimum atomic E-state index is -2.02. The second kappa shape index (κ2) is 42.9. The number of rotatable bonds is 37. The summed E-state index contributed by atoms with van der Waals surface area (Å²) >= 11 is 31.4. The van der Waals surface area contributed by atoms with Gasteiger partial charge in [-0.1, -0.05) is 162 Å². The molecule has 1 N–H and O–H groups in total. The molecule has 0 amide bonds. The molecule has 2 unspecified atom stereocenters. The number of hydrogen-bond donors (Lipinski definition) is 1. The second-order valence-corrected chi connectivity index (χ2v) is 65.5. The smallest absolute Gasteiger partial charge is 0.124 e. The van der Waals surface area contributed by atoms with Crippen LogP contribution in [0, 0.1) is 18.8 Å². The summed E-state index contributed by atoms with van der Waals surface area (Å²) in [6.07, 6.45) is 25.1. The van der Waals surface area contributed by atoms with Crippen molar-refractivity contribution in [2.75, 3.05) is 47.8 Å². The van der Waals surface area contributed by atoms with Gasteiger partial charge in [0.1, 0.15) is 33.1 Å². The number of halogens is 1. The maximum atomic E-state index is 6.20. The Balaban J connectivity index is 0.000000171. The number of unbranched alkanes of at least 4 members (excludes halogenated alkanes) is 8. The fourth-order valence-corrected chi connectivity index (χ4v) is 39.6. The van der Waals surface area contributed by atoms with Gasteiger partial charge in [0, 0.05) is 124 Å². The summed E-state index contributed by atoms with van der Waals surface area (Å²) in [6, 6.07) is 37.3. The van der Waals surface area contributed by atoms with Gasteiger partial charge in [-0.2, -0.15) is 26.2 Å². The maximum Gasteiger partial charge on any atom is 0.124 e. The van der Waals surface area contributed by atoms with Gasteiger partial charge in [-0.25, -0.2) is 0 Å². The van der Waals surface area contributed by atoms with E-state index in [0.717, 1.165) is 83.9 Å². The van der Waals surface area contributed by atoms with E-state index in [1.807, 2.05) is 126 Å². The first-order valence-electron chi connectivity index (χ1n) is 46.6. The van der Waals surface area contributed by atoms with Gasteiger partial charge in [-0.15, -0.1) is 102 Å². The van der Waals surface area contributed by atoms with Crippen LogP contribution in [-0.4, -0.2) is 86.5 Å². The minimum Gasteiger partial charge on any atom is -0.377 e. The van der Waals surface area contributed by atoms with Gasteiger partial charge in [0.2, 0.25) is 0 Å². The van der Waals surface area contributed by atoms with Crippen LogP contribution in [0.4, 0.5) is 15.0 Å². The summed E-state index contributed by atoms with van der Waals surface area (Å²) in [6.45, 7) is 35.2. The van der Waals surface area contributed by atoms with Gasteiger partial charge in [0.05, 0.1) is 80.3 Å². The van der Waals surface area contributed by atoms with Crippen molar-refractivity contribution >= 4 is 340 Å². The van der Waals surface area contributed by atoms with Gasteiger partial charge in [-0.05, 0) is 105 Å². The van der Waals surface area contributed by atoms with Crippen LogP contribution < -0.4 is 18.0 Å². The third kappa shape index (κ3) is 19.9. The van der Waals surface area contributed by atoms with Crippen molar-refractivity contribution in [3.8, 4) is 52.2 Å². The largest absolute Gasteiger partial charge is 0.377 e. The first kappa shape index (κ1) is 94.7. The molecular formula is C100H118ClN11S15Sn. The molecular weight excluding hydrogens is 1990 g/mol. The molecule has 0 radical (unpaired) electrons. The number of aryl methyl sites for hydroxylation is 1. The third-order valence-corrected chi connectivity index (χ3v) is 50.4. The number of hydrogen-bond acceptors (Lipinski definition) is 24. The SMILES string of the molecule is CCCC.CCCCC(CC)Cn1c2cc(-c3ccc(-c4cc5sc(N(CCCC)CCCC)cc5s4)c4nsnc34)sc2c2sc3cc(-c4ccc(-c5cc6sc(N(CCCC)CCCC)cc6s5)c5nsnc45)sc3c21.CCCCC(CC)Cn1c2cc(C)sc2c2sc3c[c]([Sn]([CH3])([CH3])[CH3])sc3c21.CCCCNc1cc2sc(-c3ccc(Cl)c4nsnc34)cc2s1. The molecule has 11 nitrogen and oxygen atoms in total. The Morgan fingerprint density at radius 1 is 0.352 bits per heavy atom. The molecule has 0 aliphatic heterocycles. The second-order valence-electron chi connectivity index (χ2n) is 35.1. The third-order valence-electron chi connectivity index (χ3n) is 24.7. The Labute approximate surface area is 824 Å². The zero-order valence-electron chi connectivity index (χ0n) is 76.5. The molecule has 0 aliphatic rings. The van der Waals surface area contributed by atoms with Gasteiger partial charge < -0.3 is 19.7 Å². The summed E-state index contributed by atoms with van der Waals surface area (Å²) < 4.78 is 55.7. The van der Waals surface area contributed by atoms with Crippen molar-refractivity contribution in [2.45, 2.75) is 239 Å². The number of thiophene rings is 12. The molecule has 2 atom stereocenters. The summed E-state index contributed by atoms with van der Waals surface area (Å²) in [5.41, 5.74) is 17.4. The molecule has 0 saturated carbocycles.